The Morgan fingerprint density at radius 2 is 2.06 bits per heavy atom. The Balaban J connectivity index is 1.30. The average molecular weight is 484 g/mol. The number of benzene rings is 2. The van der Waals surface area contributed by atoms with Crippen LogP contribution in [-0.2, 0) is 5.54 Å². The predicted octanol–water partition coefficient (Wildman–Crippen LogP) is 4.40. The van der Waals surface area contributed by atoms with Gasteiger partial charge in [0.25, 0.3) is 5.91 Å². The highest BCUT2D eigenvalue weighted by molar-refractivity contribution is 5.97. The third-order valence-electron chi connectivity index (χ3n) is 7.45. The Bertz CT molecular complexity index is 1460. The zero-order valence-corrected chi connectivity index (χ0v) is 20.7. The van der Waals surface area contributed by atoms with Crippen LogP contribution < -0.4 is 10.1 Å². The molecular weight excluding hydrogens is 454 g/mol. The van der Waals surface area contributed by atoms with Gasteiger partial charge in [-0.05, 0) is 81.2 Å². The summed E-state index contributed by atoms with van der Waals surface area (Å²) < 4.78 is 11.7. The molecule has 1 N–H and O–H groups in total. The molecule has 0 spiro atoms. The van der Waals surface area contributed by atoms with Crippen LogP contribution in [-0.4, -0.2) is 52.2 Å². The molecule has 1 saturated carbocycles. The van der Waals surface area contributed by atoms with Crippen molar-refractivity contribution in [1.82, 2.24) is 25.4 Å². The van der Waals surface area contributed by atoms with E-state index in [-0.39, 0.29) is 5.91 Å². The van der Waals surface area contributed by atoms with E-state index in [1.54, 1.807) is 13.1 Å². The standard InChI is InChI=1S/C28H29N5O3/c1-17-6-7-21(35-16-20-8-12-33(20)3)15-23(17)26(34)30-28(9-10-28)24-13-19(27-32-31-18(2)36-27)14-25-22(24)5-4-11-29-25/h4-7,11,13-15,20H,8-10,12,16H2,1-3H3,(H,30,34)/t20-/m0/s1. The summed E-state index contributed by atoms with van der Waals surface area (Å²) in [7, 11) is 2.11. The van der Waals surface area contributed by atoms with E-state index < -0.39 is 5.54 Å². The van der Waals surface area contributed by atoms with E-state index in [0.29, 0.717) is 30.0 Å². The van der Waals surface area contributed by atoms with Crippen molar-refractivity contribution in [3.8, 4) is 17.2 Å². The van der Waals surface area contributed by atoms with Crippen LogP contribution >= 0.6 is 0 Å². The fraction of sp³-hybridized carbons (Fsp3) is 0.357. The quantitative estimate of drug-likeness (QED) is 0.416. The molecule has 0 unspecified atom stereocenters. The maximum absolute atomic E-state index is 13.6. The van der Waals surface area contributed by atoms with E-state index in [2.05, 4.69) is 32.4 Å². The van der Waals surface area contributed by atoms with Crippen LogP contribution in [0.5, 0.6) is 5.75 Å². The number of nitrogens with one attached hydrogen (secondary N) is 1. The van der Waals surface area contributed by atoms with E-state index in [1.165, 1.54) is 0 Å². The summed E-state index contributed by atoms with van der Waals surface area (Å²) in [6.45, 7) is 5.46. The second-order valence-electron chi connectivity index (χ2n) is 9.97. The van der Waals surface area contributed by atoms with Gasteiger partial charge in [-0.15, -0.1) is 10.2 Å². The van der Waals surface area contributed by atoms with Gasteiger partial charge < -0.3 is 14.5 Å². The van der Waals surface area contributed by atoms with Crippen LogP contribution in [0.4, 0.5) is 0 Å². The van der Waals surface area contributed by atoms with Crippen LogP contribution in [0.2, 0.25) is 0 Å². The van der Waals surface area contributed by atoms with Gasteiger partial charge in [-0.3, -0.25) is 14.7 Å². The van der Waals surface area contributed by atoms with Gasteiger partial charge in [0.05, 0.1) is 11.1 Å². The Kier molecular flexibility index (Phi) is 5.48. The Hall–Kier alpha value is -3.78. The largest absolute Gasteiger partial charge is 0.492 e. The molecule has 4 aromatic rings. The van der Waals surface area contributed by atoms with Gasteiger partial charge in [0.1, 0.15) is 12.4 Å². The van der Waals surface area contributed by atoms with E-state index in [9.17, 15) is 4.79 Å². The first kappa shape index (κ1) is 22.7. The summed E-state index contributed by atoms with van der Waals surface area (Å²) in [6, 6.07) is 14.2. The van der Waals surface area contributed by atoms with Crippen molar-refractivity contribution < 1.29 is 13.9 Å². The molecule has 36 heavy (non-hydrogen) atoms. The summed E-state index contributed by atoms with van der Waals surface area (Å²) in [5.41, 5.74) is 3.72. The van der Waals surface area contributed by atoms with Crippen LogP contribution in [0.15, 0.2) is 53.1 Å². The van der Waals surface area contributed by atoms with Crippen molar-refractivity contribution in [2.24, 2.45) is 0 Å². The first-order chi connectivity index (χ1) is 17.4. The van der Waals surface area contributed by atoms with Crippen LogP contribution in [0.3, 0.4) is 0 Å². The molecule has 3 heterocycles. The molecule has 184 valence electrons. The third kappa shape index (κ3) is 4.11. The van der Waals surface area contributed by atoms with E-state index >= 15 is 0 Å². The molecule has 0 radical (unpaired) electrons. The molecule has 1 amide bonds. The second-order valence-corrected chi connectivity index (χ2v) is 9.97. The SMILES string of the molecule is Cc1nnc(-c2cc(C3(NC(=O)c4cc(OC[C@@H]5CCN5C)ccc4C)CC3)c3cccnc3c2)o1. The molecule has 2 aromatic carbocycles. The lowest BCUT2D eigenvalue weighted by atomic mass is 9.95. The van der Waals surface area contributed by atoms with Crippen molar-refractivity contribution in [2.45, 2.75) is 44.7 Å². The number of aryl methyl sites for hydroxylation is 2. The lowest BCUT2D eigenvalue weighted by molar-refractivity contribution is 0.0767. The molecule has 1 atom stereocenters. The number of aromatic nitrogens is 3. The molecule has 1 saturated heterocycles. The monoisotopic (exact) mass is 483 g/mol. The molecule has 8 nitrogen and oxygen atoms in total. The number of carbonyl (C=O) groups excluding carboxylic acids is 1. The predicted molar refractivity (Wildman–Crippen MR) is 136 cm³/mol. The van der Waals surface area contributed by atoms with Gasteiger partial charge in [-0.1, -0.05) is 12.1 Å². The highest BCUT2D eigenvalue weighted by Gasteiger charge is 2.47. The number of fused-ring (bicyclic) bond motifs is 1. The van der Waals surface area contributed by atoms with Gasteiger partial charge in [-0.2, -0.15) is 0 Å². The minimum atomic E-state index is -0.471. The van der Waals surface area contributed by atoms with Gasteiger partial charge in [0, 0.05) is 35.7 Å². The Morgan fingerprint density at radius 3 is 2.75 bits per heavy atom. The fourth-order valence-corrected chi connectivity index (χ4v) is 4.89. The topological polar surface area (TPSA) is 93.4 Å². The number of likely N-dealkylation sites (tertiary alicyclic amines) is 1. The molecule has 6 rings (SSSR count). The summed E-state index contributed by atoms with van der Waals surface area (Å²) >= 11 is 0. The minimum absolute atomic E-state index is 0.104. The lowest BCUT2D eigenvalue weighted by Crippen LogP contribution is -2.48. The van der Waals surface area contributed by atoms with Gasteiger partial charge in [0.2, 0.25) is 11.8 Å². The van der Waals surface area contributed by atoms with Crippen molar-refractivity contribution in [2.75, 3.05) is 20.2 Å². The zero-order chi connectivity index (χ0) is 24.9. The molecule has 8 heteroatoms. The molecule has 2 aromatic heterocycles. The van der Waals surface area contributed by atoms with Crippen LogP contribution in [0, 0.1) is 13.8 Å². The normalized spacial score (nSPS) is 18.6. The number of hydrogen-bond acceptors (Lipinski definition) is 7. The number of rotatable bonds is 7. The van der Waals surface area contributed by atoms with Gasteiger partial charge in [0.15, 0.2) is 0 Å². The number of amides is 1. The van der Waals surface area contributed by atoms with Gasteiger partial charge in [-0.25, -0.2) is 0 Å². The van der Waals surface area contributed by atoms with Crippen LogP contribution in [0.25, 0.3) is 22.4 Å². The number of nitrogens with zero attached hydrogens (tertiary/aromatic N) is 4. The summed E-state index contributed by atoms with van der Waals surface area (Å²) in [6.07, 6.45) is 4.60. The van der Waals surface area contributed by atoms with Crippen molar-refractivity contribution in [3.63, 3.8) is 0 Å². The lowest BCUT2D eigenvalue weighted by Gasteiger charge is -2.37. The summed E-state index contributed by atoms with van der Waals surface area (Å²) in [4.78, 5) is 20.4. The molecule has 2 fully saturated rings. The van der Waals surface area contributed by atoms with E-state index in [4.69, 9.17) is 9.15 Å². The highest BCUT2D eigenvalue weighted by Crippen LogP contribution is 2.49. The second kappa shape index (κ2) is 8.71. The summed E-state index contributed by atoms with van der Waals surface area (Å²) in [5, 5.41) is 12.5. The summed E-state index contributed by atoms with van der Waals surface area (Å²) in [5.74, 6) is 1.57. The highest BCUT2D eigenvalue weighted by atomic mass is 16.5. The number of likely N-dealkylation sites (N-methyl/N-ethyl adjacent to an activating group) is 1. The Labute approximate surface area is 209 Å². The molecular formula is C28H29N5O3. The fourth-order valence-electron chi connectivity index (χ4n) is 4.89. The average Bonchev–Trinajstić information content (AvgIpc) is 3.52. The maximum Gasteiger partial charge on any atom is 0.252 e. The number of pyridine rings is 1. The third-order valence-corrected chi connectivity index (χ3v) is 7.45. The molecule has 1 aliphatic heterocycles. The first-order valence-electron chi connectivity index (χ1n) is 12.4. The number of ether oxygens (including phenoxy) is 1. The van der Waals surface area contributed by atoms with E-state index in [1.807, 2.05) is 49.4 Å². The van der Waals surface area contributed by atoms with Gasteiger partial charge >= 0.3 is 0 Å². The molecule has 2 aliphatic rings. The molecule has 1 aliphatic carbocycles. The van der Waals surface area contributed by atoms with E-state index in [0.717, 1.165) is 59.2 Å². The smallest absolute Gasteiger partial charge is 0.252 e. The van der Waals surface area contributed by atoms with Crippen molar-refractivity contribution >= 4 is 16.8 Å². The van der Waals surface area contributed by atoms with Crippen molar-refractivity contribution in [3.05, 3.63) is 71.2 Å². The maximum atomic E-state index is 13.6. The minimum Gasteiger partial charge on any atom is -0.492 e. The first-order valence-corrected chi connectivity index (χ1v) is 12.4. The van der Waals surface area contributed by atoms with Crippen molar-refractivity contribution in [1.29, 1.82) is 0 Å². The molecule has 0 bridgehead atoms. The zero-order valence-electron chi connectivity index (χ0n) is 20.7. The van der Waals surface area contributed by atoms with Crippen LogP contribution in [0.1, 0.15) is 46.6 Å². The number of carbonyl (C=O) groups is 1. The number of hydrogen-bond donors (Lipinski definition) is 1. The Morgan fingerprint density at radius 1 is 1.19 bits per heavy atom.